The Hall–Kier alpha value is -1.64. The molecule has 0 aliphatic rings. The molecule has 0 saturated heterocycles. The summed E-state index contributed by atoms with van der Waals surface area (Å²) in [4.78, 5) is 4.57. The standard InChI is InChI=1S/C18H25FN4O.HI/c1-4-20-18(21-10-8-15-6-5-7-16(19)12-15)22-11-9-17-13(2)23-24-14(17)3;/h5-7,12H,4,8-11H2,1-3H3,(H2,20,21,22);1H. The lowest BCUT2D eigenvalue weighted by Crippen LogP contribution is -2.38. The molecular weight excluding hydrogens is 434 g/mol. The van der Waals surface area contributed by atoms with E-state index >= 15 is 0 Å². The van der Waals surface area contributed by atoms with Gasteiger partial charge in [0.25, 0.3) is 0 Å². The molecule has 0 unspecified atom stereocenters. The Balaban J connectivity index is 0.00000312. The van der Waals surface area contributed by atoms with Gasteiger partial charge >= 0.3 is 0 Å². The lowest BCUT2D eigenvalue weighted by molar-refractivity contribution is 0.392. The van der Waals surface area contributed by atoms with Gasteiger partial charge in [0.1, 0.15) is 11.6 Å². The molecule has 5 nitrogen and oxygen atoms in total. The Labute approximate surface area is 165 Å². The van der Waals surface area contributed by atoms with E-state index < -0.39 is 0 Å². The Kier molecular flexibility index (Phi) is 9.48. The van der Waals surface area contributed by atoms with E-state index in [-0.39, 0.29) is 29.8 Å². The number of nitrogens with one attached hydrogen (secondary N) is 2. The highest BCUT2D eigenvalue weighted by Gasteiger charge is 2.08. The zero-order valence-corrected chi connectivity index (χ0v) is 17.3. The summed E-state index contributed by atoms with van der Waals surface area (Å²) in [5, 5.41) is 10.4. The van der Waals surface area contributed by atoms with Gasteiger partial charge in [0, 0.05) is 25.2 Å². The monoisotopic (exact) mass is 460 g/mol. The maximum Gasteiger partial charge on any atom is 0.191 e. The second kappa shape index (κ2) is 11.1. The number of benzene rings is 1. The van der Waals surface area contributed by atoms with E-state index in [0.29, 0.717) is 13.1 Å². The lowest BCUT2D eigenvalue weighted by Gasteiger charge is -2.11. The molecule has 2 N–H and O–H groups in total. The van der Waals surface area contributed by atoms with Gasteiger partial charge in [0.2, 0.25) is 0 Å². The Morgan fingerprint density at radius 3 is 2.68 bits per heavy atom. The summed E-state index contributed by atoms with van der Waals surface area (Å²) in [6, 6.07) is 6.67. The molecule has 0 aliphatic heterocycles. The van der Waals surface area contributed by atoms with Crippen LogP contribution >= 0.6 is 24.0 Å². The van der Waals surface area contributed by atoms with Crippen LogP contribution in [0.4, 0.5) is 4.39 Å². The fourth-order valence-electron chi connectivity index (χ4n) is 2.50. The van der Waals surface area contributed by atoms with E-state index in [1.54, 1.807) is 12.1 Å². The SMILES string of the molecule is CCNC(=NCCc1c(C)noc1C)NCCc1cccc(F)c1.I. The maximum absolute atomic E-state index is 13.2. The molecule has 0 atom stereocenters. The molecule has 1 heterocycles. The highest BCUT2D eigenvalue weighted by atomic mass is 127. The van der Waals surface area contributed by atoms with Crippen molar-refractivity contribution < 1.29 is 8.91 Å². The first kappa shape index (κ1) is 21.4. The summed E-state index contributed by atoms with van der Waals surface area (Å²) < 4.78 is 18.3. The minimum absolute atomic E-state index is 0. The van der Waals surface area contributed by atoms with Gasteiger partial charge in [-0.2, -0.15) is 0 Å². The van der Waals surface area contributed by atoms with Gasteiger partial charge in [-0.25, -0.2) is 4.39 Å². The third-order valence-electron chi connectivity index (χ3n) is 3.75. The van der Waals surface area contributed by atoms with Crippen LogP contribution in [0.5, 0.6) is 0 Å². The van der Waals surface area contributed by atoms with Crippen molar-refractivity contribution in [1.82, 2.24) is 15.8 Å². The number of aromatic nitrogens is 1. The van der Waals surface area contributed by atoms with E-state index in [1.165, 1.54) is 6.07 Å². The van der Waals surface area contributed by atoms with E-state index in [0.717, 1.165) is 47.9 Å². The Bertz CT molecular complexity index is 668. The van der Waals surface area contributed by atoms with Crippen LogP contribution in [-0.2, 0) is 12.8 Å². The first-order chi connectivity index (χ1) is 11.6. The van der Waals surface area contributed by atoms with Crippen LogP contribution in [0.15, 0.2) is 33.8 Å². The quantitative estimate of drug-likeness (QED) is 0.378. The van der Waals surface area contributed by atoms with Crippen molar-refractivity contribution in [3.63, 3.8) is 0 Å². The van der Waals surface area contributed by atoms with Gasteiger partial charge in [-0.3, -0.25) is 4.99 Å². The van der Waals surface area contributed by atoms with Crippen LogP contribution in [0, 0.1) is 19.7 Å². The summed E-state index contributed by atoms with van der Waals surface area (Å²) in [7, 11) is 0. The maximum atomic E-state index is 13.2. The minimum Gasteiger partial charge on any atom is -0.361 e. The molecule has 0 bridgehead atoms. The predicted octanol–water partition coefficient (Wildman–Crippen LogP) is 3.39. The van der Waals surface area contributed by atoms with Crippen molar-refractivity contribution in [2.75, 3.05) is 19.6 Å². The van der Waals surface area contributed by atoms with Crippen molar-refractivity contribution in [2.45, 2.75) is 33.6 Å². The number of nitrogens with zero attached hydrogens (tertiary/aromatic N) is 2. The van der Waals surface area contributed by atoms with Gasteiger partial charge in [0.05, 0.1) is 5.69 Å². The third kappa shape index (κ3) is 7.01. The van der Waals surface area contributed by atoms with Gasteiger partial charge in [-0.15, -0.1) is 24.0 Å². The van der Waals surface area contributed by atoms with Crippen LogP contribution < -0.4 is 10.6 Å². The van der Waals surface area contributed by atoms with Gasteiger partial charge in [0.15, 0.2) is 5.96 Å². The number of aliphatic imine (C=N–C) groups is 1. The minimum atomic E-state index is -0.201. The van der Waals surface area contributed by atoms with Crippen LogP contribution in [-0.4, -0.2) is 30.8 Å². The van der Waals surface area contributed by atoms with Gasteiger partial charge in [-0.1, -0.05) is 17.3 Å². The van der Waals surface area contributed by atoms with Crippen LogP contribution in [0.3, 0.4) is 0 Å². The lowest BCUT2D eigenvalue weighted by atomic mass is 10.1. The second-order valence-electron chi connectivity index (χ2n) is 5.62. The molecule has 2 rings (SSSR count). The van der Waals surface area contributed by atoms with Crippen molar-refractivity contribution in [1.29, 1.82) is 0 Å². The molecule has 0 saturated carbocycles. The van der Waals surface area contributed by atoms with E-state index in [4.69, 9.17) is 4.52 Å². The van der Waals surface area contributed by atoms with Gasteiger partial charge in [-0.05, 0) is 51.3 Å². The van der Waals surface area contributed by atoms with E-state index in [1.807, 2.05) is 26.8 Å². The highest BCUT2D eigenvalue weighted by Crippen LogP contribution is 2.12. The average Bonchev–Trinajstić information content (AvgIpc) is 2.87. The number of guanidine groups is 1. The number of halogens is 2. The van der Waals surface area contributed by atoms with Crippen LogP contribution in [0.1, 0.15) is 29.5 Å². The average molecular weight is 460 g/mol. The van der Waals surface area contributed by atoms with Crippen molar-refractivity contribution in [3.05, 3.63) is 52.7 Å². The zero-order valence-electron chi connectivity index (χ0n) is 14.9. The molecular formula is C18H26FIN4O. The summed E-state index contributed by atoms with van der Waals surface area (Å²) >= 11 is 0. The molecule has 1 aromatic heterocycles. The predicted molar refractivity (Wildman–Crippen MR) is 109 cm³/mol. The molecule has 0 amide bonds. The second-order valence-corrected chi connectivity index (χ2v) is 5.62. The molecule has 2 aromatic rings. The summed E-state index contributed by atoms with van der Waals surface area (Å²) in [5.74, 6) is 1.42. The molecule has 0 aliphatic carbocycles. The topological polar surface area (TPSA) is 62.5 Å². The number of aryl methyl sites for hydroxylation is 2. The van der Waals surface area contributed by atoms with Crippen LogP contribution in [0.2, 0.25) is 0 Å². The highest BCUT2D eigenvalue weighted by molar-refractivity contribution is 14.0. The number of hydrogen-bond donors (Lipinski definition) is 2. The summed E-state index contributed by atoms with van der Waals surface area (Å²) in [5.41, 5.74) is 3.01. The Morgan fingerprint density at radius 2 is 2.04 bits per heavy atom. The molecule has 0 radical (unpaired) electrons. The fourth-order valence-corrected chi connectivity index (χ4v) is 2.50. The smallest absolute Gasteiger partial charge is 0.191 e. The van der Waals surface area contributed by atoms with Crippen molar-refractivity contribution in [3.8, 4) is 0 Å². The summed E-state index contributed by atoms with van der Waals surface area (Å²) in [6.07, 6.45) is 1.54. The number of rotatable bonds is 7. The van der Waals surface area contributed by atoms with Crippen molar-refractivity contribution >= 4 is 29.9 Å². The molecule has 1 aromatic carbocycles. The van der Waals surface area contributed by atoms with Crippen molar-refractivity contribution in [2.24, 2.45) is 4.99 Å². The normalized spacial score (nSPS) is 11.1. The Morgan fingerprint density at radius 1 is 1.24 bits per heavy atom. The van der Waals surface area contributed by atoms with E-state index in [9.17, 15) is 4.39 Å². The first-order valence-corrected chi connectivity index (χ1v) is 8.28. The third-order valence-corrected chi connectivity index (χ3v) is 3.75. The van der Waals surface area contributed by atoms with Crippen LogP contribution in [0.25, 0.3) is 0 Å². The largest absolute Gasteiger partial charge is 0.361 e. The molecule has 138 valence electrons. The zero-order chi connectivity index (χ0) is 17.4. The van der Waals surface area contributed by atoms with Gasteiger partial charge < -0.3 is 15.2 Å². The summed E-state index contributed by atoms with van der Waals surface area (Å²) in [6.45, 7) is 8.02. The molecule has 0 spiro atoms. The molecule has 7 heteroatoms. The fraction of sp³-hybridized carbons (Fsp3) is 0.444. The molecule has 25 heavy (non-hydrogen) atoms. The number of hydrogen-bond acceptors (Lipinski definition) is 3. The van der Waals surface area contributed by atoms with E-state index in [2.05, 4.69) is 20.8 Å². The first-order valence-electron chi connectivity index (χ1n) is 8.28. The molecule has 0 fully saturated rings.